The summed E-state index contributed by atoms with van der Waals surface area (Å²) in [5.74, 6) is 0.161. The van der Waals surface area contributed by atoms with Gasteiger partial charge in [-0.2, -0.15) is 8.78 Å². The molecule has 0 atom stereocenters. The highest BCUT2D eigenvalue weighted by atomic mass is 19.3. The Hall–Kier alpha value is -2.10. The summed E-state index contributed by atoms with van der Waals surface area (Å²) in [7, 11) is 0. The Labute approximate surface area is 123 Å². The van der Waals surface area contributed by atoms with Crippen LogP contribution in [-0.2, 0) is 6.54 Å². The summed E-state index contributed by atoms with van der Waals surface area (Å²) in [5, 5.41) is 3.16. The second kappa shape index (κ2) is 6.57. The maximum atomic E-state index is 12.4. The minimum atomic E-state index is -2.82. The first-order chi connectivity index (χ1) is 9.97. The SMILES string of the molecule is Cc1cc(C)c(CNc2ccccc2OC(F)F)cc1C. The number of hydrogen-bond acceptors (Lipinski definition) is 2. The molecular formula is C17H19F2NO. The summed E-state index contributed by atoms with van der Waals surface area (Å²) in [6.07, 6.45) is 0. The molecule has 1 N–H and O–H groups in total. The molecule has 0 aromatic heterocycles. The molecule has 0 heterocycles. The zero-order valence-electron chi connectivity index (χ0n) is 12.4. The Kier molecular flexibility index (Phi) is 4.78. The molecule has 0 aliphatic carbocycles. The van der Waals surface area contributed by atoms with Crippen molar-refractivity contribution < 1.29 is 13.5 Å². The van der Waals surface area contributed by atoms with Gasteiger partial charge in [-0.05, 0) is 55.2 Å². The zero-order valence-corrected chi connectivity index (χ0v) is 12.4. The van der Waals surface area contributed by atoms with Crippen molar-refractivity contribution in [3.8, 4) is 5.75 Å². The number of aryl methyl sites for hydroxylation is 3. The molecule has 0 fully saturated rings. The van der Waals surface area contributed by atoms with Crippen molar-refractivity contribution in [3.63, 3.8) is 0 Å². The van der Waals surface area contributed by atoms with Crippen molar-refractivity contribution in [1.29, 1.82) is 0 Å². The maximum Gasteiger partial charge on any atom is 0.387 e. The van der Waals surface area contributed by atoms with Crippen LogP contribution in [0.25, 0.3) is 0 Å². The van der Waals surface area contributed by atoms with Crippen molar-refractivity contribution in [2.45, 2.75) is 33.9 Å². The molecule has 21 heavy (non-hydrogen) atoms. The van der Waals surface area contributed by atoms with Gasteiger partial charge in [0.25, 0.3) is 0 Å². The Morgan fingerprint density at radius 1 is 1.00 bits per heavy atom. The number of para-hydroxylation sites is 2. The Balaban J connectivity index is 2.15. The van der Waals surface area contributed by atoms with E-state index in [1.54, 1.807) is 18.2 Å². The molecule has 2 nitrogen and oxygen atoms in total. The minimum absolute atomic E-state index is 0.161. The molecular weight excluding hydrogens is 272 g/mol. The van der Waals surface area contributed by atoms with Crippen molar-refractivity contribution in [2.24, 2.45) is 0 Å². The number of benzene rings is 2. The first kappa shape index (κ1) is 15.3. The van der Waals surface area contributed by atoms with Gasteiger partial charge in [0.15, 0.2) is 0 Å². The van der Waals surface area contributed by atoms with E-state index in [4.69, 9.17) is 0 Å². The average molecular weight is 291 g/mol. The largest absolute Gasteiger partial charge is 0.433 e. The molecule has 0 unspecified atom stereocenters. The standard InChI is InChI=1S/C17H19F2NO/c1-11-8-13(3)14(9-12(11)2)10-20-15-6-4-5-7-16(15)21-17(18)19/h4-9,17,20H,10H2,1-3H3. The van der Waals surface area contributed by atoms with Crippen LogP contribution in [0.4, 0.5) is 14.5 Å². The molecule has 2 aromatic rings. The third-order valence-corrected chi connectivity index (χ3v) is 3.52. The molecule has 0 amide bonds. The van der Waals surface area contributed by atoms with Gasteiger partial charge >= 0.3 is 6.61 Å². The Morgan fingerprint density at radius 3 is 2.38 bits per heavy atom. The predicted molar refractivity (Wildman–Crippen MR) is 81.1 cm³/mol. The second-order valence-electron chi connectivity index (χ2n) is 5.09. The first-order valence-electron chi connectivity index (χ1n) is 6.82. The number of alkyl halides is 2. The number of halogens is 2. The lowest BCUT2D eigenvalue weighted by molar-refractivity contribution is -0.0493. The van der Waals surface area contributed by atoms with Gasteiger partial charge in [-0.3, -0.25) is 0 Å². The highest BCUT2D eigenvalue weighted by molar-refractivity contribution is 5.56. The van der Waals surface area contributed by atoms with E-state index < -0.39 is 6.61 Å². The van der Waals surface area contributed by atoms with Gasteiger partial charge < -0.3 is 10.1 Å². The number of anilines is 1. The molecule has 0 radical (unpaired) electrons. The van der Waals surface area contributed by atoms with Crippen molar-refractivity contribution in [1.82, 2.24) is 0 Å². The van der Waals surface area contributed by atoms with Gasteiger partial charge in [0.2, 0.25) is 0 Å². The molecule has 0 aliphatic rings. The van der Waals surface area contributed by atoms with E-state index in [2.05, 4.69) is 36.0 Å². The van der Waals surface area contributed by atoms with Gasteiger partial charge in [-0.15, -0.1) is 0 Å². The van der Waals surface area contributed by atoms with Crippen LogP contribution >= 0.6 is 0 Å². The van der Waals surface area contributed by atoms with Crippen LogP contribution in [0, 0.1) is 20.8 Å². The van der Waals surface area contributed by atoms with Crippen LogP contribution < -0.4 is 10.1 Å². The van der Waals surface area contributed by atoms with Gasteiger partial charge in [0, 0.05) is 6.54 Å². The quantitative estimate of drug-likeness (QED) is 0.852. The van der Waals surface area contributed by atoms with E-state index in [0.29, 0.717) is 12.2 Å². The molecule has 0 saturated carbocycles. The van der Waals surface area contributed by atoms with E-state index in [1.807, 2.05) is 6.92 Å². The Morgan fingerprint density at radius 2 is 1.67 bits per heavy atom. The van der Waals surface area contributed by atoms with Crippen LogP contribution in [0.3, 0.4) is 0 Å². The summed E-state index contributed by atoms with van der Waals surface area (Å²) in [6, 6.07) is 11.0. The van der Waals surface area contributed by atoms with Crippen molar-refractivity contribution in [3.05, 3.63) is 58.7 Å². The maximum absolute atomic E-state index is 12.4. The lowest BCUT2D eigenvalue weighted by Crippen LogP contribution is -2.07. The Bertz CT molecular complexity index is 626. The fraction of sp³-hybridized carbons (Fsp3) is 0.294. The van der Waals surface area contributed by atoms with E-state index in [0.717, 1.165) is 5.56 Å². The van der Waals surface area contributed by atoms with Gasteiger partial charge in [-0.25, -0.2) is 0 Å². The minimum Gasteiger partial charge on any atom is -0.433 e. The molecule has 0 spiro atoms. The number of ether oxygens (including phenoxy) is 1. The normalized spacial score (nSPS) is 10.8. The van der Waals surface area contributed by atoms with E-state index in [9.17, 15) is 8.78 Å². The molecule has 2 rings (SSSR count). The molecule has 2 aromatic carbocycles. The summed E-state index contributed by atoms with van der Waals surface area (Å²) in [6.45, 7) is 3.93. The van der Waals surface area contributed by atoms with Crippen molar-refractivity contribution in [2.75, 3.05) is 5.32 Å². The molecule has 0 aliphatic heterocycles. The second-order valence-corrected chi connectivity index (χ2v) is 5.09. The predicted octanol–water partition coefficient (Wildman–Crippen LogP) is 4.83. The lowest BCUT2D eigenvalue weighted by Gasteiger charge is -2.14. The molecule has 4 heteroatoms. The van der Waals surface area contributed by atoms with Gasteiger partial charge in [-0.1, -0.05) is 24.3 Å². The zero-order chi connectivity index (χ0) is 15.4. The molecule has 112 valence electrons. The smallest absolute Gasteiger partial charge is 0.387 e. The summed E-state index contributed by atoms with van der Waals surface area (Å²) >= 11 is 0. The fourth-order valence-electron chi connectivity index (χ4n) is 2.21. The topological polar surface area (TPSA) is 21.3 Å². The van der Waals surface area contributed by atoms with E-state index >= 15 is 0 Å². The molecule has 0 bridgehead atoms. The highest BCUT2D eigenvalue weighted by Crippen LogP contribution is 2.26. The average Bonchev–Trinajstić information content (AvgIpc) is 2.42. The molecule has 0 saturated heterocycles. The van der Waals surface area contributed by atoms with E-state index in [1.165, 1.54) is 22.8 Å². The van der Waals surface area contributed by atoms with Crippen LogP contribution in [0.5, 0.6) is 5.75 Å². The summed E-state index contributed by atoms with van der Waals surface area (Å²) in [4.78, 5) is 0. The number of nitrogens with one attached hydrogen (secondary N) is 1. The third-order valence-electron chi connectivity index (χ3n) is 3.52. The van der Waals surface area contributed by atoms with Crippen LogP contribution in [0.15, 0.2) is 36.4 Å². The first-order valence-corrected chi connectivity index (χ1v) is 6.82. The van der Waals surface area contributed by atoms with Gasteiger partial charge in [0.05, 0.1) is 5.69 Å². The van der Waals surface area contributed by atoms with Crippen molar-refractivity contribution >= 4 is 5.69 Å². The van der Waals surface area contributed by atoms with E-state index in [-0.39, 0.29) is 5.75 Å². The fourth-order valence-corrected chi connectivity index (χ4v) is 2.21. The third kappa shape index (κ3) is 3.94. The summed E-state index contributed by atoms with van der Waals surface area (Å²) < 4.78 is 29.3. The summed E-state index contributed by atoms with van der Waals surface area (Å²) in [5.41, 5.74) is 5.35. The lowest BCUT2D eigenvalue weighted by atomic mass is 10.0. The number of hydrogen-bond donors (Lipinski definition) is 1. The van der Waals surface area contributed by atoms with Gasteiger partial charge in [0.1, 0.15) is 5.75 Å². The van der Waals surface area contributed by atoms with Crippen LogP contribution in [-0.4, -0.2) is 6.61 Å². The van der Waals surface area contributed by atoms with Crippen LogP contribution in [0.2, 0.25) is 0 Å². The highest BCUT2D eigenvalue weighted by Gasteiger charge is 2.09. The van der Waals surface area contributed by atoms with Crippen LogP contribution in [0.1, 0.15) is 22.3 Å². The monoisotopic (exact) mass is 291 g/mol. The number of rotatable bonds is 5.